The van der Waals surface area contributed by atoms with Crippen LogP contribution in [-0.2, 0) is 4.79 Å². The molecular weight excluding hydrogens is 254 g/mol. The highest BCUT2D eigenvalue weighted by Crippen LogP contribution is 2.20. The van der Waals surface area contributed by atoms with E-state index in [2.05, 4.69) is 19.2 Å². The van der Waals surface area contributed by atoms with E-state index in [1.165, 1.54) is 5.56 Å². The summed E-state index contributed by atoms with van der Waals surface area (Å²) in [4.78, 5) is 11.7. The molecule has 4 heteroatoms. The lowest BCUT2D eigenvalue weighted by Gasteiger charge is -2.21. The number of carbonyl (C=O) groups excluding carboxylic acids is 1. The van der Waals surface area contributed by atoms with Gasteiger partial charge in [0.05, 0.1) is 0 Å². The Kier molecular flexibility index (Phi) is 6.02. The van der Waals surface area contributed by atoms with Crippen LogP contribution in [0.1, 0.15) is 39.2 Å². The third-order valence-corrected chi connectivity index (χ3v) is 3.09. The molecular formula is C16H25NO3. The smallest absolute Gasteiger partial charge is 0.257 e. The van der Waals surface area contributed by atoms with Crippen LogP contribution in [0.15, 0.2) is 24.3 Å². The van der Waals surface area contributed by atoms with Crippen LogP contribution in [0.25, 0.3) is 0 Å². The average molecular weight is 279 g/mol. The second-order valence-electron chi connectivity index (χ2n) is 6.11. The molecule has 0 radical (unpaired) electrons. The second-order valence-corrected chi connectivity index (χ2v) is 6.11. The monoisotopic (exact) mass is 279 g/mol. The Balaban J connectivity index is 2.43. The predicted molar refractivity (Wildman–Crippen MR) is 79.9 cm³/mol. The molecule has 0 unspecified atom stereocenters. The zero-order chi connectivity index (χ0) is 15.2. The molecule has 112 valence electrons. The van der Waals surface area contributed by atoms with E-state index in [1.807, 2.05) is 38.1 Å². The first-order valence-corrected chi connectivity index (χ1v) is 6.94. The molecule has 4 nitrogen and oxygen atoms in total. The Hall–Kier alpha value is -1.55. The Morgan fingerprint density at radius 2 is 2.10 bits per heavy atom. The highest BCUT2D eigenvalue weighted by atomic mass is 16.5. The van der Waals surface area contributed by atoms with Gasteiger partial charge in [0.25, 0.3) is 5.91 Å². The van der Waals surface area contributed by atoms with Gasteiger partial charge in [0.2, 0.25) is 0 Å². The van der Waals surface area contributed by atoms with Gasteiger partial charge in [-0.05, 0) is 23.6 Å². The van der Waals surface area contributed by atoms with E-state index in [-0.39, 0.29) is 24.5 Å². The third-order valence-electron chi connectivity index (χ3n) is 3.09. The molecule has 0 aliphatic heterocycles. The highest BCUT2D eigenvalue weighted by Gasteiger charge is 2.17. The zero-order valence-electron chi connectivity index (χ0n) is 12.8. The first kappa shape index (κ1) is 16.5. The van der Waals surface area contributed by atoms with Crippen LogP contribution in [-0.4, -0.2) is 30.8 Å². The minimum Gasteiger partial charge on any atom is -0.484 e. The van der Waals surface area contributed by atoms with E-state index in [9.17, 15) is 4.79 Å². The van der Waals surface area contributed by atoms with Crippen LogP contribution in [0.2, 0.25) is 0 Å². The van der Waals surface area contributed by atoms with Gasteiger partial charge in [-0.15, -0.1) is 0 Å². The highest BCUT2D eigenvalue weighted by molar-refractivity contribution is 5.77. The molecule has 0 aliphatic carbocycles. The van der Waals surface area contributed by atoms with Crippen LogP contribution >= 0.6 is 0 Å². The van der Waals surface area contributed by atoms with Gasteiger partial charge in [-0.2, -0.15) is 0 Å². The predicted octanol–water partition coefficient (Wildman–Crippen LogP) is 2.32. The summed E-state index contributed by atoms with van der Waals surface area (Å²) in [6, 6.07) is 7.77. The van der Waals surface area contributed by atoms with E-state index in [4.69, 9.17) is 9.84 Å². The Bertz CT molecular complexity index is 441. The van der Waals surface area contributed by atoms with Gasteiger partial charge < -0.3 is 15.2 Å². The number of benzene rings is 1. The summed E-state index contributed by atoms with van der Waals surface area (Å²) in [6.45, 7) is 8.46. The zero-order valence-corrected chi connectivity index (χ0v) is 12.8. The molecule has 0 bridgehead atoms. The molecule has 0 spiro atoms. The standard InChI is InChI=1S/C16H25NO3/c1-12(2)13-6-5-7-14(8-13)20-9-15(19)17-10-16(3,4)11-18/h5-8,12,18H,9-11H2,1-4H3,(H,17,19). The lowest BCUT2D eigenvalue weighted by molar-refractivity contribution is -0.123. The van der Waals surface area contributed by atoms with Crippen molar-refractivity contribution >= 4 is 5.91 Å². The molecule has 0 fully saturated rings. The van der Waals surface area contributed by atoms with Gasteiger partial charge in [-0.25, -0.2) is 0 Å². The quantitative estimate of drug-likeness (QED) is 0.805. The third kappa shape index (κ3) is 5.61. The van der Waals surface area contributed by atoms with E-state index in [0.717, 1.165) is 0 Å². The van der Waals surface area contributed by atoms with E-state index >= 15 is 0 Å². The van der Waals surface area contributed by atoms with Gasteiger partial charge in [0, 0.05) is 18.6 Å². The lowest BCUT2D eigenvalue weighted by atomic mass is 9.95. The number of hydrogen-bond donors (Lipinski definition) is 2. The number of rotatable bonds is 7. The van der Waals surface area contributed by atoms with E-state index in [0.29, 0.717) is 18.2 Å². The topological polar surface area (TPSA) is 58.6 Å². The first-order chi connectivity index (χ1) is 9.34. The Morgan fingerprint density at radius 3 is 2.70 bits per heavy atom. The van der Waals surface area contributed by atoms with Crippen LogP contribution in [0.5, 0.6) is 5.75 Å². The minimum atomic E-state index is -0.312. The molecule has 0 aromatic heterocycles. The molecule has 1 aromatic rings. The fourth-order valence-electron chi connectivity index (χ4n) is 1.56. The van der Waals surface area contributed by atoms with Crippen molar-refractivity contribution in [1.29, 1.82) is 0 Å². The van der Waals surface area contributed by atoms with Crippen molar-refractivity contribution < 1.29 is 14.6 Å². The Labute approximate surface area is 121 Å². The van der Waals surface area contributed by atoms with Gasteiger partial charge in [0.15, 0.2) is 6.61 Å². The summed E-state index contributed by atoms with van der Waals surface area (Å²) >= 11 is 0. The molecule has 0 heterocycles. The van der Waals surface area contributed by atoms with Crippen LogP contribution in [0.3, 0.4) is 0 Å². The number of hydrogen-bond acceptors (Lipinski definition) is 3. The van der Waals surface area contributed by atoms with Crippen molar-refractivity contribution in [3.05, 3.63) is 29.8 Å². The van der Waals surface area contributed by atoms with Crippen molar-refractivity contribution in [1.82, 2.24) is 5.32 Å². The second kappa shape index (κ2) is 7.29. The molecule has 1 amide bonds. The maximum absolute atomic E-state index is 11.7. The van der Waals surface area contributed by atoms with Crippen molar-refractivity contribution in [2.45, 2.75) is 33.6 Å². The molecule has 1 aromatic carbocycles. The van der Waals surface area contributed by atoms with Crippen molar-refractivity contribution in [2.24, 2.45) is 5.41 Å². The summed E-state index contributed by atoms with van der Waals surface area (Å²) in [6.07, 6.45) is 0. The van der Waals surface area contributed by atoms with Crippen molar-refractivity contribution in [3.63, 3.8) is 0 Å². The number of nitrogens with one attached hydrogen (secondary N) is 1. The van der Waals surface area contributed by atoms with Crippen LogP contribution in [0.4, 0.5) is 0 Å². The maximum Gasteiger partial charge on any atom is 0.257 e. The fourth-order valence-corrected chi connectivity index (χ4v) is 1.56. The molecule has 0 saturated carbocycles. The normalized spacial score (nSPS) is 11.5. The largest absolute Gasteiger partial charge is 0.484 e. The molecule has 0 aliphatic rings. The van der Waals surface area contributed by atoms with Gasteiger partial charge in [-0.3, -0.25) is 4.79 Å². The number of carbonyl (C=O) groups is 1. The van der Waals surface area contributed by atoms with E-state index < -0.39 is 0 Å². The summed E-state index contributed by atoms with van der Waals surface area (Å²) in [5, 5.41) is 11.9. The number of ether oxygens (including phenoxy) is 1. The molecule has 20 heavy (non-hydrogen) atoms. The number of aliphatic hydroxyl groups excluding tert-OH is 1. The minimum absolute atomic E-state index is 0.0109. The number of amides is 1. The van der Waals surface area contributed by atoms with E-state index in [1.54, 1.807) is 0 Å². The molecule has 0 atom stereocenters. The number of aliphatic hydroxyl groups is 1. The van der Waals surface area contributed by atoms with Crippen molar-refractivity contribution in [3.8, 4) is 5.75 Å². The van der Waals surface area contributed by atoms with Crippen LogP contribution in [0, 0.1) is 5.41 Å². The first-order valence-electron chi connectivity index (χ1n) is 6.94. The summed E-state index contributed by atoms with van der Waals surface area (Å²) in [5.74, 6) is 0.951. The Morgan fingerprint density at radius 1 is 1.40 bits per heavy atom. The summed E-state index contributed by atoms with van der Waals surface area (Å²) < 4.78 is 5.48. The molecule has 0 saturated heterocycles. The fraction of sp³-hybridized carbons (Fsp3) is 0.562. The van der Waals surface area contributed by atoms with Crippen LogP contribution < -0.4 is 10.1 Å². The van der Waals surface area contributed by atoms with Gasteiger partial charge in [-0.1, -0.05) is 39.8 Å². The van der Waals surface area contributed by atoms with Gasteiger partial charge >= 0.3 is 0 Å². The SMILES string of the molecule is CC(C)c1cccc(OCC(=O)NCC(C)(C)CO)c1. The van der Waals surface area contributed by atoms with Gasteiger partial charge in [0.1, 0.15) is 5.75 Å². The van der Waals surface area contributed by atoms with Crippen molar-refractivity contribution in [2.75, 3.05) is 19.8 Å². The average Bonchev–Trinajstić information content (AvgIpc) is 2.43. The summed E-state index contributed by atoms with van der Waals surface area (Å²) in [7, 11) is 0. The lowest BCUT2D eigenvalue weighted by Crippen LogP contribution is -2.38. The molecule has 1 rings (SSSR count). The molecule has 2 N–H and O–H groups in total. The summed E-state index contributed by atoms with van der Waals surface area (Å²) in [5.41, 5.74) is 0.872. The maximum atomic E-state index is 11.7.